The molecule has 6 aromatic heterocycles. The molecule has 0 aliphatic carbocycles. The number of ether oxygens (including phenoxy) is 1. The van der Waals surface area contributed by atoms with E-state index in [2.05, 4.69) is 298 Å². The summed E-state index contributed by atoms with van der Waals surface area (Å²) in [7, 11) is 0. The van der Waals surface area contributed by atoms with Crippen LogP contribution in [-0.4, -0.2) is 130 Å². The van der Waals surface area contributed by atoms with Gasteiger partial charge in [-0.2, -0.15) is 18.3 Å². The molecule has 1 N–H and O–H groups in total. The maximum absolute atomic E-state index is 11.7. The fourth-order valence-electron chi connectivity index (χ4n) is 14.3. The first-order valence-electron chi connectivity index (χ1n) is 48.2. The largest absolute Gasteiger partial charge is 1.00 e. The fourth-order valence-corrected chi connectivity index (χ4v) is 14.3. The number of hydrogen-bond donors (Lipinski definition) is 1. The molecule has 12 aromatic rings. The topological polar surface area (TPSA) is 176 Å². The number of esters is 1. The molecule has 746 valence electrons. The average molecular weight is 2020 g/mol. The molecule has 0 saturated carbocycles. The standard InChI is InChI=1S/C22H29N2O.C21H27N2O2.C21H27N2O.C19H22N2O2.C17H20N2.C11H15NO.C6H7N.BrH.3ClH/c1-4-7-22(25)18-23-16-14-20(15-17-23)9-8-19-10-12-21(13-11-19)24(5-2)6-3;1-4-23(5-2)20-11-9-18(10-12-20)7-8-19-13-15-22(16-14-19)17-21(24)25-6-3;1-4-21(24)17-22-15-13-19(14-16-22)8-7-18-9-11-20(12-10-18)23(5-2)6-3;1-3-21(4-2)18-9-7-16(8-10-18)5-6-17-11-13-20(14-12-17)15-19(22)23;1-3-19(4-2)17-9-7-15(8-10-17)5-6-16-11-13-18-14-12-16;1-3-12(4-2)11-7-5-10(9-13)6-8-11;1-6-2-4-7-5-3-6;;;;/h8-17H,4-7,18H2,1-3H3;7-16H,4-6,17H2,1-3H3;7-16H,4-6,17H2,1-3H3;5-14H,3-4,15H2,1-2H3;5-14H,3-4H2,1-2H3;5-9H,3-4H2,1-2H3;2-5H,1H3;4*1H/q3*+1;;;;;;;;/p-3/b;;;;6-5+;;;;;;. The molecule has 0 fully saturated rings. The predicted octanol–water partition coefficient (Wildman–Crippen LogP) is 10.8. The second-order valence-corrected chi connectivity index (χ2v) is 31.8. The summed E-state index contributed by atoms with van der Waals surface area (Å²) in [6.07, 6.45) is 46.3. The van der Waals surface area contributed by atoms with E-state index < -0.39 is 5.97 Å². The Labute approximate surface area is 865 Å². The highest BCUT2D eigenvalue weighted by atomic mass is 79.9. The molecule has 0 bridgehead atoms. The second-order valence-electron chi connectivity index (χ2n) is 31.8. The molecule has 6 heterocycles. The number of halogens is 4. The van der Waals surface area contributed by atoms with Gasteiger partial charge in [0.2, 0.25) is 26.2 Å². The van der Waals surface area contributed by atoms with Gasteiger partial charge >= 0.3 is 11.9 Å². The molecular formula is C117H148BrCl3N12O7. The van der Waals surface area contributed by atoms with Crippen molar-refractivity contribution in [2.24, 2.45) is 0 Å². The van der Waals surface area contributed by atoms with Gasteiger partial charge < -0.3 is 93.4 Å². The number of aryl methyl sites for hydroxylation is 1. The molecule has 0 aliphatic heterocycles. The van der Waals surface area contributed by atoms with E-state index in [1.807, 2.05) is 194 Å². The van der Waals surface area contributed by atoms with Crippen LogP contribution in [0.3, 0.4) is 0 Å². The minimum Gasteiger partial charge on any atom is -1.00 e. The smallest absolute Gasteiger partial charge is 0.372 e. The predicted molar refractivity (Wildman–Crippen MR) is 569 cm³/mol. The van der Waals surface area contributed by atoms with Crippen LogP contribution in [0.4, 0.5) is 34.1 Å². The van der Waals surface area contributed by atoms with Crippen LogP contribution in [-0.2, 0) is 50.1 Å². The van der Waals surface area contributed by atoms with Gasteiger partial charge in [-0.3, -0.25) is 24.4 Å². The van der Waals surface area contributed by atoms with Crippen LogP contribution in [0.2, 0.25) is 0 Å². The number of aromatic nitrogens is 6. The Balaban J connectivity index is 0.000000561. The molecule has 0 atom stereocenters. The third kappa shape index (κ3) is 47.1. The van der Waals surface area contributed by atoms with Crippen LogP contribution in [0.15, 0.2) is 293 Å². The van der Waals surface area contributed by atoms with Crippen molar-refractivity contribution in [2.45, 2.75) is 156 Å². The van der Waals surface area contributed by atoms with Crippen molar-refractivity contribution in [1.29, 1.82) is 0 Å². The number of aliphatic carboxylic acids is 1. The lowest BCUT2D eigenvalue weighted by Crippen LogP contribution is -3.00. The van der Waals surface area contributed by atoms with E-state index in [1.165, 1.54) is 67.5 Å². The number of carboxylic acids is 1. The lowest BCUT2D eigenvalue weighted by Gasteiger charge is -2.20. The Morgan fingerprint density at radius 2 is 0.493 bits per heavy atom. The third-order valence-electron chi connectivity index (χ3n) is 22.4. The number of carboxylic acid groups (broad SMARTS) is 1. The minimum absolute atomic E-state index is 0. The SMILES string of the molecule is CCC(=O)C[n+]1ccc(/C=C/c2ccc(N(CC)CC)cc2)cc1.CCCC(=O)C[n+]1ccc(/C=C/c2ccc(N(CC)CC)cc2)cc1.CCN(CC)c1ccc(/C=C/c2cc[n+](CC(=O)O)cc2)cc1.CCN(CC)c1ccc(/C=C/c2ccncc2)cc1.CCN(CC)c1ccc(C=O)cc1.CCOC(=O)C[n+]1ccc(/C=C/c2ccc(N(CC)CC)cc2)cc1.Cc1ccncc1.[Br-].[Cl-].[Cl-].[Cl-]. The molecule has 0 amide bonds. The monoisotopic (exact) mass is 2020 g/mol. The zero-order chi connectivity index (χ0) is 98.5. The zero-order valence-electron chi connectivity index (χ0n) is 85.0. The number of Topliss-reactive ketones (excluding diaryl/α,β-unsaturated/α-hetero) is 2. The Hall–Kier alpha value is -13.0. The molecule has 12 rings (SSSR count). The van der Waals surface area contributed by atoms with Crippen LogP contribution >= 0.6 is 0 Å². The number of hydrogen-bond acceptors (Lipinski definition) is 14. The van der Waals surface area contributed by atoms with Gasteiger partial charge in [0.05, 0.1) is 6.61 Å². The Morgan fingerprint density at radius 1 is 0.286 bits per heavy atom. The first-order chi connectivity index (χ1) is 66.1. The Kier molecular flexibility index (Phi) is 63.6. The molecule has 19 nitrogen and oxygen atoms in total. The highest BCUT2D eigenvalue weighted by molar-refractivity contribution is 5.79. The van der Waals surface area contributed by atoms with Crippen molar-refractivity contribution in [1.82, 2.24) is 9.97 Å². The van der Waals surface area contributed by atoms with E-state index in [-0.39, 0.29) is 84.8 Å². The summed E-state index contributed by atoms with van der Waals surface area (Å²) in [5, 5.41) is 8.75. The molecule has 0 saturated heterocycles. The van der Waals surface area contributed by atoms with Crippen molar-refractivity contribution in [3.05, 3.63) is 360 Å². The lowest BCUT2D eigenvalue weighted by atomic mass is 10.1. The summed E-state index contributed by atoms with van der Waals surface area (Å²) in [5.74, 6) is -0.531. The number of aldehydes is 1. The number of carbonyl (C=O) groups excluding carboxylic acids is 4. The van der Waals surface area contributed by atoms with Gasteiger partial charge in [-0.25, -0.2) is 9.59 Å². The van der Waals surface area contributed by atoms with Crippen molar-refractivity contribution in [3.8, 4) is 0 Å². The first kappa shape index (κ1) is 123. The first-order valence-corrected chi connectivity index (χ1v) is 48.2. The molecule has 0 radical (unpaired) electrons. The van der Waals surface area contributed by atoms with E-state index in [0.29, 0.717) is 32.5 Å². The highest BCUT2D eigenvalue weighted by Crippen LogP contribution is 2.23. The van der Waals surface area contributed by atoms with Crippen LogP contribution < -0.4 is 102 Å². The van der Waals surface area contributed by atoms with Gasteiger partial charge in [0.1, 0.15) is 6.29 Å². The number of pyridine rings is 6. The lowest BCUT2D eigenvalue weighted by molar-refractivity contribution is -0.686. The van der Waals surface area contributed by atoms with E-state index >= 15 is 0 Å². The number of nitrogens with zero attached hydrogens (tertiary/aromatic N) is 12. The van der Waals surface area contributed by atoms with Crippen molar-refractivity contribution in [3.63, 3.8) is 0 Å². The van der Waals surface area contributed by atoms with E-state index in [9.17, 15) is 24.0 Å². The summed E-state index contributed by atoms with van der Waals surface area (Å²) in [5.41, 5.74) is 20.9. The molecule has 0 unspecified atom stereocenters. The minimum atomic E-state index is -0.841. The maximum atomic E-state index is 11.7. The normalized spacial score (nSPS) is 10.4. The van der Waals surface area contributed by atoms with E-state index in [4.69, 9.17) is 9.84 Å². The molecule has 140 heavy (non-hydrogen) atoms. The van der Waals surface area contributed by atoms with Gasteiger partial charge in [0.25, 0.3) is 0 Å². The van der Waals surface area contributed by atoms with Crippen LogP contribution in [0.1, 0.15) is 195 Å². The van der Waals surface area contributed by atoms with Crippen LogP contribution in [0.5, 0.6) is 0 Å². The highest BCUT2D eigenvalue weighted by Gasteiger charge is 2.14. The van der Waals surface area contributed by atoms with Gasteiger partial charge in [0.15, 0.2) is 61.1 Å². The number of ketones is 2. The summed E-state index contributed by atoms with van der Waals surface area (Å²) in [6.45, 7) is 47.5. The van der Waals surface area contributed by atoms with Crippen LogP contribution in [0.25, 0.3) is 60.8 Å². The number of anilines is 6. The quantitative estimate of drug-likeness (QED) is 0.0217. The number of benzene rings is 6. The fraction of sp³-hybridized carbons (Fsp3) is 0.308. The zero-order valence-corrected chi connectivity index (χ0v) is 88.8. The van der Waals surface area contributed by atoms with Gasteiger partial charge in [0, 0.05) is 204 Å². The summed E-state index contributed by atoms with van der Waals surface area (Å²) < 4.78 is 12.3. The molecular weight excluding hydrogens is 1870 g/mol. The molecule has 0 spiro atoms. The maximum Gasteiger partial charge on any atom is 0.372 e. The molecule has 6 aromatic carbocycles. The van der Waals surface area contributed by atoms with E-state index in [0.717, 1.165) is 125 Å². The molecule has 0 aliphatic rings. The summed E-state index contributed by atoms with van der Waals surface area (Å²) in [6, 6.07) is 74.6. The van der Waals surface area contributed by atoms with Crippen molar-refractivity contribution in [2.75, 3.05) is 115 Å². The van der Waals surface area contributed by atoms with Gasteiger partial charge in [-0.15, -0.1) is 0 Å². The second kappa shape index (κ2) is 72.3. The molecule has 23 heteroatoms. The van der Waals surface area contributed by atoms with Gasteiger partial charge in [-0.1, -0.05) is 135 Å². The Bertz CT molecular complexity index is 5390. The summed E-state index contributed by atoms with van der Waals surface area (Å²) in [4.78, 5) is 77.4. The number of carbonyl (C=O) groups is 5. The van der Waals surface area contributed by atoms with Crippen molar-refractivity contribution < 1.29 is 106 Å². The Morgan fingerprint density at radius 3 is 0.693 bits per heavy atom. The van der Waals surface area contributed by atoms with Crippen molar-refractivity contribution >= 4 is 125 Å². The van der Waals surface area contributed by atoms with Crippen LogP contribution in [0, 0.1) is 6.92 Å². The average Bonchev–Trinajstić information content (AvgIpc) is 1.11. The third-order valence-corrected chi connectivity index (χ3v) is 22.4. The summed E-state index contributed by atoms with van der Waals surface area (Å²) >= 11 is 0. The van der Waals surface area contributed by atoms with Gasteiger partial charge in [-0.05, 0) is 274 Å². The van der Waals surface area contributed by atoms with E-state index in [1.54, 1.807) is 29.4 Å². The number of rotatable bonds is 41.